The fraction of sp³-hybridized carbons (Fsp3) is 0.167. The van der Waals surface area contributed by atoms with E-state index in [1.807, 2.05) is 50.2 Å². The Balaban J connectivity index is 1.80. The fourth-order valence-electron chi connectivity index (χ4n) is 4.07. The lowest BCUT2D eigenvalue weighted by Gasteiger charge is -2.09. The Morgan fingerprint density at radius 2 is 1.80 bits per heavy atom. The van der Waals surface area contributed by atoms with Gasteiger partial charge in [0.15, 0.2) is 0 Å². The van der Waals surface area contributed by atoms with Crippen molar-refractivity contribution in [2.45, 2.75) is 26.8 Å². The number of halogens is 2. The molecule has 0 N–H and O–H groups in total. The topological polar surface area (TPSA) is 43.9 Å². The Hall–Kier alpha value is -3.54. The number of rotatable bonds is 4. The molecule has 4 nitrogen and oxygen atoms in total. The molecule has 3 aromatic heterocycles. The summed E-state index contributed by atoms with van der Waals surface area (Å²) in [5.41, 5.74) is 6.11. The van der Waals surface area contributed by atoms with E-state index in [4.69, 9.17) is 9.51 Å². The average Bonchev–Trinajstić information content (AvgIpc) is 3.25. The number of fused-ring (bicyclic) bond motifs is 3. The van der Waals surface area contributed by atoms with Crippen LogP contribution in [0.1, 0.15) is 29.0 Å². The van der Waals surface area contributed by atoms with E-state index >= 15 is 0 Å². The Morgan fingerprint density at radius 3 is 2.50 bits per heavy atom. The van der Waals surface area contributed by atoms with Crippen LogP contribution in [0.5, 0.6) is 0 Å². The molecule has 0 aliphatic carbocycles. The van der Waals surface area contributed by atoms with Crippen molar-refractivity contribution in [3.05, 3.63) is 83.4 Å². The first kappa shape index (κ1) is 18.5. The highest BCUT2D eigenvalue weighted by Gasteiger charge is 2.18. The van der Waals surface area contributed by atoms with Gasteiger partial charge in [-0.05, 0) is 31.5 Å². The van der Waals surface area contributed by atoms with Gasteiger partial charge >= 0.3 is 0 Å². The van der Waals surface area contributed by atoms with Gasteiger partial charge in [0.1, 0.15) is 5.76 Å². The highest BCUT2D eigenvalue weighted by Crippen LogP contribution is 2.35. The third-order valence-corrected chi connectivity index (χ3v) is 5.48. The molecule has 0 fully saturated rings. The Bertz CT molecular complexity index is 1350. The summed E-state index contributed by atoms with van der Waals surface area (Å²) in [5.74, 6) is 0.722. The zero-order valence-corrected chi connectivity index (χ0v) is 16.6. The van der Waals surface area contributed by atoms with E-state index in [0.717, 1.165) is 50.1 Å². The molecular weight excluding hydrogens is 384 g/mol. The van der Waals surface area contributed by atoms with E-state index in [2.05, 4.69) is 9.72 Å². The molecule has 0 saturated heterocycles. The number of alkyl halides is 2. The zero-order valence-electron chi connectivity index (χ0n) is 16.6. The standard InChI is InChI=1S/C24H19F2N3O/c1-14-22(15(2)30-28-14)18-11-21-23(27-12-18)19-9-8-17(24(25)26)10-20(19)29(21)13-16-6-4-3-5-7-16/h3-12,24H,13H2,1-2H3. The Morgan fingerprint density at radius 1 is 1.00 bits per heavy atom. The minimum absolute atomic E-state index is 0.00515. The van der Waals surface area contributed by atoms with Crippen molar-refractivity contribution < 1.29 is 13.3 Å². The van der Waals surface area contributed by atoms with Gasteiger partial charge in [0.2, 0.25) is 0 Å². The smallest absolute Gasteiger partial charge is 0.263 e. The van der Waals surface area contributed by atoms with E-state index in [9.17, 15) is 8.78 Å². The van der Waals surface area contributed by atoms with Gasteiger partial charge in [-0.3, -0.25) is 4.98 Å². The molecule has 0 unspecified atom stereocenters. The average molecular weight is 403 g/mol. The van der Waals surface area contributed by atoms with Crippen LogP contribution in [0.4, 0.5) is 8.78 Å². The van der Waals surface area contributed by atoms with Crippen LogP contribution in [-0.4, -0.2) is 14.7 Å². The third-order valence-electron chi connectivity index (χ3n) is 5.48. The van der Waals surface area contributed by atoms with E-state index in [1.165, 1.54) is 6.07 Å². The summed E-state index contributed by atoms with van der Waals surface area (Å²) >= 11 is 0. The van der Waals surface area contributed by atoms with Crippen LogP contribution in [0, 0.1) is 13.8 Å². The normalized spacial score (nSPS) is 11.8. The van der Waals surface area contributed by atoms with E-state index in [0.29, 0.717) is 6.54 Å². The number of nitrogens with zero attached hydrogens (tertiary/aromatic N) is 3. The number of aryl methyl sites for hydroxylation is 2. The molecule has 0 aliphatic heterocycles. The van der Waals surface area contributed by atoms with Crippen molar-refractivity contribution in [3.8, 4) is 11.1 Å². The van der Waals surface area contributed by atoms with Crippen LogP contribution in [0.25, 0.3) is 33.1 Å². The first-order chi connectivity index (χ1) is 14.5. The summed E-state index contributed by atoms with van der Waals surface area (Å²) in [6.07, 6.45) is -0.731. The molecule has 0 atom stereocenters. The van der Waals surface area contributed by atoms with Gasteiger partial charge in [-0.1, -0.05) is 47.6 Å². The first-order valence-corrected chi connectivity index (χ1v) is 9.70. The molecule has 5 aromatic rings. The van der Waals surface area contributed by atoms with Gasteiger partial charge < -0.3 is 9.09 Å². The number of aromatic nitrogens is 3. The molecule has 0 bridgehead atoms. The molecule has 2 aromatic carbocycles. The van der Waals surface area contributed by atoms with Gasteiger partial charge in [-0.25, -0.2) is 8.78 Å². The zero-order chi connectivity index (χ0) is 20.8. The van der Waals surface area contributed by atoms with E-state index in [1.54, 1.807) is 18.3 Å². The van der Waals surface area contributed by atoms with E-state index < -0.39 is 6.43 Å². The molecule has 30 heavy (non-hydrogen) atoms. The summed E-state index contributed by atoms with van der Waals surface area (Å²) in [6.45, 7) is 4.32. The molecule has 150 valence electrons. The summed E-state index contributed by atoms with van der Waals surface area (Å²) in [7, 11) is 0. The maximum Gasteiger partial charge on any atom is 0.263 e. The van der Waals surface area contributed by atoms with Gasteiger partial charge in [0, 0.05) is 34.8 Å². The maximum absolute atomic E-state index is 13.4. The predicted molar refractivity (Wildman–Crippen MR) is 113 cm³/mol. The van der Waals surface area contributed by atoms with Crippen molar-refractivity contribution in [2.24, 2.45) is 0 Å². The molecule has 5 rings (SSSR count). The van der Waals surface area contributed by atoms with E-state index in [-0.39, 0.29) is 5.56 Å². The molecule has 0 spiro atoms. The van der Waals surface area contributed by atoms with Crippen LogP contribution in [-0.2, 0) is 6.54 Å². The highest BCUT2D eigenvalue weighted by molar-refractivity contribution is 6.06. The van der Waals surface area contributed by atoms with Crippen LogP contribution in [0.2, 0.25) is 0 Å². The van der Waals surface area contributed by atoms with Gasteiger partial charge in [0.05, 0.1) is 22.2 Å². The number of pyridine rings is 1. The first-order valence-electron chi connectivity index (χ1n) is 9.70. The van der Waals surface area contributed by atoms with Crippen LogP contribution < -0.4 is 0 Å². The quantitative estimate of drug-likeness (QED) is 0.346. The lowest BCUT2D eigenvalue weighted by Crippen LogP contribution is -2.00. The lowest BCUT2D eigenvalue weighted by molar-refractivity contribution is 0.151. The molecule has 6 heteroatoms. The van der Waals surface area contributed by atoms with Crippen molar-refractivity contribution in [1.82, 2.24) is 14.7 Å². The minimum Gasteiger partial charge on any atom is -0.361 e. The molecular formula is C24H19F2N3O. The summed E-state index contributed by atoms with van der Waals surface area (Å²) in [4.78, 5) is 4.71. The third kappa shape index (κ3) is 2.96. The van der Waals surface area contributed by atoms with Crippen molar-refractivity contribution in [3.63, 3.8) is 0 Å². The molecule has 0 amide bonds. The number of hydrogen-bond donors (Lipinski definition) is 0. The van der Waals surface area contributed by atoms with Crippen molar-refractivity contribution in [2.75, 3.05) is 0 Å². The summed E-state index contributed by atoms with van der Waals surface area (Å²) in [5, 5.41) is 4.90. The minimum atomic E-state index is -2.52. The molecule has 0 radical (unpaired) electrons. The molecule has 0 saturated carbocycles. The summed E-state index contributed by atoms with van der Waals surface area (Å²) < 4.78 is 34.2. The predicted octanol–water partition coefficient (Wildman–Crippen LogP) is 6.45. The van der Waals surface area contributed by atoms with Crippen LogP contribution in [0.3, 0.4) is 0 Å². The monoisotopic (exact) mass is 403 g/mol. The fourth-order valence-corrected chi connectivity index (χ4v) is 4.07. The van der Waals surface area contributed by atoms with Crippen LogP contribution >= 0.6 is 0 Å². The van der Waals surface area contributed by atoms with Crippen molar-refractivity contribution >= 4 is 21.9 Å². The highest BCUT2D eigenvalue weighted by atomic mass is 19.3. The second kappa shape index (κ2) is 7.06. The largest absolute Gasteiger partial charge is 0.361 e. The molecule has 0 aliphatic rings. The second-order valence-corrected chi connectivity index (χ2v) is 7.44. The van der Waals surface area contributed by atoms with Gasteiger partial charge in [0.25, 0.3) is 6.43 Å². The van der Waals surface area contributed by atoms with Gasteiger partial charge in [-0.2, -0.15) is 0 Å². The number of hydrogen-bond acceptors (Lipinski definition) is 3. The Kier molecular flexibility index (Phi) is 4.35. The van der Waals surface area contributed by atoms with Gasteiger partial charge in [-0.15, -0.1) is 0 Å². The summed E-state index contributed by atoms with van der Waals surface area (Å²) in [6, 6.07) is 16.8. The molecule has 3 heterocycles. The van der Waals surface area contributed by atoms with Crippen molar-refractivity contribution in [1.29, 1.82) is 0 Å². The number of benzene rings is 2. The SMILES string of the molecule is Cc1noc(C)c1-c1cnc2c3ccc(C(F)F)cc3n(Cc3ccccc3)c2c1. The van der Waals surface area contributed by atoms with Crippen LogP contribution in [0.15, 0.2) is 65.3 Å². The maximum atomic E-state index is 13.4. The second-order valence-electron chi connectivity index (χ2n) is 7.44. The Labute approximate surface area is 171 Å². The lowest BCUT2D eigenvalue weighted by atomic mass is 10.1.